The van der Waals surface area contributed by atoms with E-state index in [2.05, 4.69) is 30.9 Å². The number of carbonyl (C=O) groups is 1. The first-order valence-corrected chi connectivity index (χ1v) is 7.86. The van der Waals surface area contributed by atoms with Crippen LogP contribution in [0.5, 0.6) is 0 Å². The SMILES string of the molecule is O=C(Cn1nnc(-c2ccccc2)n1)Nc1nnc([C@H]2CCCO2)o1. The van der Waals surface area contributed by atoms with Gasteiger partial charge in [-0.2, -0.15) is 4.80 Å². The number of rotatable bonds is 5. The second-order valence-electron chi connectivity index (χ2n) is 5.50. The van der Waals surface area contributed by atoms with Gasteiger partial charge in [-0.1, -0.05) is 35.4 Å². The van der Waals surface area contributed by atoms with E-state index in [1.807, 2.05) is 30.3 Å². The lowest BCUT2D eigenvalue weighted by molar-refractivity contribution is -0.117. The van der Waals surface area contributed by atoms with Crippen molar-refractivity contribution in [3.63, 3.8) is 0 Å². The molecule has 0 bridgehead atoms. The van der Waals surface area contributed by atoms with E-state index in [1.54, 1.807) is 0 Å². The molecule has 0 radical (unpaired) electrons. The maximum absolute atomic E-state index is 12.1. The lowest BCUT2D eigenvalue weighted by atomic mass is 10.2. The maximum atomic E-state index is 12.1. The number of aromatic nitrogens is 6. The Morgan fingerprint density at radius 3 is 2.92 bits per heavy atom. The number of carbonyl (C=O) groups excluding carboxylic acids is 1. The van der Waals surface area contributed by atoms with E-state index in [1.165, 1.54) is 4.80 Å². The lowest BCUT2D eigenvalue weighted by Crippen LogP contribution is -2.20. The van der Waals surface area contributed by atoms with Gasteiger partial charge in [0.1, 0.15) is 12.6 Å². The van der Waals surface area contributed by atoms with Crippen LogP contribution in [0, 0.1) is 0 Å². The van der Waals surface area contributed by atoms with Crippen LogP contribution >= 0.6 is 0 Å². The number of nitrogens with one attached hydrogen (secondary N) is 1. The van der Waals surface area contributed by atoms with Gasteiger partial charge in [-0.25, -0.2) is 0 Å². The van der Waals surface area contributed by atoms with Crippen molar-refractivity contribution in [1.82, 2.24) is 30.4 Å². The molecule has 4 rings (SSSR count). The molecular formula is C15H15N7O3. The lowest BCUT2D eigenvalue weighted by Gasteiger charge is -2.02. The molecule has 0 aliphatic carbocycles. The molecule has 10 nitrogen and oxygen atoms in total. The molecule has 1 fully saturated rings. The largest absolute Gasteiger partial charge is 0.405 e. The van der Waals surface area contributed by atoms with Crippen LogP contribution in [0.25, 0.3) is 11.4 Å². The zero-order valence-electron chi connectivity index (χ0n) is 13.2. The minimum atomic E-state index is -0.389. The van der Waals surface area contributed by atoms with E-state index in [9.17, 15) is 4.79 Å². The van der Waals surface area contributed by atoms with E-state index >= 15 is 0 Å². The maximum Gasteiger partial charge on any atom is 0.322 e. The molecule has 1 atom stereocenters. The van der Waals surface area contributed by atoms with Crippen LogP contribution in [-0.4, -0.2) is 42.9 Å². The summed E-state index contributed by atoms with van der Waals surface area (Å²) in [7, 11) is 0. The van der Waals surface area contributed by atoms with Gasteiger partial charge in [0.25, 0.3) is 5.91 Å². The third-order valence-electron chi connectivity index (χ3n) is 3.66. The molecule has 128 valence electrons. The monoisotopic (exact) mass is 341 g/mol. The summed E-state index contributed by atoms with van der Waals surface area (Å²) < 4.78 is 10.9. The van der Waals surface area contributed by atoms with Crippen LogP contribution in [0.3, 0.4) is 0 Å². The molecule has 3 aromatic rings. The number of amides is 1. The average Bonchev–Trinajstić information content (AvgIpc) is 3.37. The number of ether oxygens (including phenoxy) is 1. The molecule has 1 amide bonds. The molecule has 2 aromatic heterocycles. The molecule has 3 heterocycles. The van der Waals surface area contributed by atoms with Crippen LogP contribution in [0.15, 0.2) is 34.7 Å². The van der Waals surface area contributed by atoms with Crippen molar-refractivity contribution >= 4 is 11.9 Å². The van der Waals surface area contributed by atoms with Crippen LogP contribution in [0.4, 0.5) is 6.01 Å². The summed E-state index contributed by atoms with van der Waals surface area (Å²) in [6.45, 7) is 0.563. The predicted molar refractivity (Wildman–Crippen MR) is 84.1 cm³/mol. The quantitative estimate of drug-likeness (QED) is 0.735. The molecular weight excluding hydrogens is 326 g/mol. The van der Waals surface area contributed by atoms with Crippen LogP contribution < -0.4 is 5.32 Å². The first kappa shape index (κ1) is 15.4. The third kappa shape index (κ3) is 3.53. The Labute approximate surface area is 142 Å². The molecule has 0 spiro atoms. The van der Waals surface area contributed by atoms with Gasteiger partial charge in [-0.05, 0) is 18.1 Å². The van der Waals surface area contributed by atoms with Gasteiger partial charge < -0.3 is 9.15 Å². The molecule has 1 N–H and O–H groups in total. The Bertz CT molecular complexity index is 855. The van der Waals surface area contributed by atoms with E-state index < -0.39 is 0 Å². The van der Waals surface area contributed by atoms with E-state index in [-0.39, 0.29) is 24.6 Å². The van der Waals surface area contributed by atoms with Crippen molar-refractivity contribution in [2.75, 3.05) is 11.9 Å². The molecule has 1 aliphatic heterocycles. The van der Waals surface area contributed by atoms with Gasteiger partial charge in [-0.15, -0.1) is 15.3 Å². The predicted octanol–water partition coefficient (Wildman–Crippen LogP) is 1.21. The number of tetrazole rings is 1. The van der Waals surface area contributed by atoms with Crippen LogP contribution in [0.1, 0.15) is 24.8 Å². The zero-order chi connectivity index (χ0) is 17.1. The summed E-state index contributed by atoms with van der Waals surface area (Å²) in [6.07, 6.45) is 1.60. The second-order valence-corrected chi connectivity index (χ2v) is 5.50. The Morgan fingerprint density at radius 1 is 1.24 bits per heavy atom. The molecule has 1 saturated heterocycles. The van der Waals surface area contributed by atoms with Gasteiger partial charge in [0.05, 0.1) is 0 Å². The summed E-state index contributed by atoms with van der Waals surface area (Å²) in [4.78, 5) is 13.3. The fraction of sp³-hybridized carbons (Fsp3) is 0.333. The molecule has 25 heavy (non-hydrogen) atoms. The second kappa shape index (κ2) is 6.77. The number of nitrogens with zero attached hydrogens (tertiary/aromatic N) is 6. The van der Waals surface area contributed by atoms with Gasteiger partial charge in [0, 0.05) is 12.2 Å². The van der Waals surface area contributed by atoms with Gasteiger partial charge in [0.2, 0.25) is 11.7 Å². The number of anilines is 1. The van der Waals surface area contributed by atoms with E-state index in [0.717, 1.165) is 18.4 Å². The summed E-state index contributed by atoms with van der Waals surface area (Å²) in [5.74, 6) is 0.435. The molecule has 0 saturated carbocycles. The number of hydrogen-bond acceptors (Lipinski definition) is 8. The fourth-order valence-corrected chi connectivity index (χ4v) is 2.49. The Kier molecular flexibility index (Phi) is 4.17. The standard InChI is InChI=1S/C15H15N7O3/c23-12(16-15-19-18-14(25-15)11-7-4-8-24-11)9-22-20-13(17-21-22)10-5-2-1-3-6-10/h1-3,5-6,11H,4,7-9H2,(H,16,19,23)/t11-/m1/s1. The minimum Gasteiger partial charge on any atom is -0.405 e. The van der Waals surface area contributed by atoms with Gasteiger partial charge >= 0.3 is 6.01 Å². The first-order chi connectivity index (χ1) is 12.3. The van der Waals surface area contributed by atoms with Crippen molar-refractivity contribution in [2.24, 2.45) is 0 Å². The normalized spacial score (nSPS) is 16.9. The van der Waals surface area contributed by atoms with Crippen LogP contribution in [0.2, 0.25) is 0 Å². The topological polar surface area (TPSA) is 121 Å². The molecule has 10 heteroatoms. The molecule has 1 aromatic carbocycles. The summed E-state index contributed by atoms with van der Waals surface area (Å²) >= 11 is 0. The minimum absolute atomic E-state index is 0.0268. The van der Waals surface area contributed by atoms with E-state index in [4.69, 9.17) is 9.15 Å². The highest BCUT2D eigenvalue weighted by Crippen LogP contribution is 2.28. The summed E-state index contributed by atoms with van der Waals surface area (Å²) in [6, 6.07) is 9.42. The average molecular weight is 341 g/mol. The Balaban J connectivity index is 1.37. The van der Waals surface area contributed by atoms with Crippen LogP contribution in [-0.2, 0) is 16.1 Å². The third-order valence-corrected chi connectivity index (χ3v) is 3.66. The van der Waals surface area contributed by atoms with Gasteiger partial charge in [-0.3, -0.25) is 10.1 Å². The van der Waals surface area contributed by atoms with Crippen molar-refractivity contribution in [3.8, 4) is 11.4 Å². The van der Waals surface area contributed by atoms with Crippen molar-refractivity contribution in [2.45, 2.75) is 25.5 Å². The highest BCUT2D eigenvalue weighted by Gasteiger charge is 2.24. The zero-order valence-corrected chi connectivity index (χ0v) is 13.2. The van der Waals surface area contributed by atoms with Crippen molar-refractivity contribution in [1.29, 1.82) is 0 Å². The smallest absolute Gasteiger partial charge is 0.322 e. The molecule has 1 aliphatic rings. The fourth-order valence-electron chi connectivity index (χ4n) is 2.49. The van der Waals surface area contributed by atoms with Crippen molar-refractivity contribution < 1.29 is 13.9 Å². The van der Waals surface area contributed by atoms with Crippen molar-refractivity contribution in [3.05, 3.63) is 36.2 Å². The Morgan fingerprint density at radius 2 is 2.12 bits per heavy atom. The highest BCUT2D eigenvalue weighted by molar-refractivity contribution is 5.88. The van der Waals surface area contributed by atoms with E-state index in [0.29, 0.717) is 18.3 Å². The summed E-state index contributed by atoms with van der Waals surface area (Å²) in [5.41, 5.74) is 0.826. The molecule has 0 unspecified atom stereocenters. The van der Waals surface area contributed by atoms with Gasteiger partial charge in [0.15, 0.2) is 0 Å². The number of hydrogen-bond donors (Lipinski definition) is 1. The first-order valence-electron chi connectivity index (χ1n) is 7.86. The number of benzene rings is 1. The highest BCUT2D eigenvalue weighted by atomic mass is 16.5. The Hall–Kier alpha value is -3.14. The summed E-state index contributed by atoms with van der Waals surface area (Å²) in [5, 5.41) is 22.2.